The van der Waals surface area contributed by atoms with Gasteiger partial charge in [0.25, 0.3) is 11.9 Å². The number of hydrogen-bond acceptors (Lipinski definition) is 8. The molecule has 19 heavy (non-hydrogen) atoms. The highest BCUT2D eigenvalue weighted by Gasteiger charge is 2.09. The van der Waals surface area contributed by atoms with Crippen molar-refractivity contribution in [1.29, 1.82) is 0 Å². The van der Waals surface area contributed by atoms with E-state index in [1.54, 1.807) is 0 Å². The Bertz CT molecular complexity index is 472. The maximum absolute atomic E-state index is 11.4. The SMILES string of the molecule is O=C(CCCC(=O)Nc1nn[nH]n1)Nc1nn[nH]n1. The monoisotopic (exact) mass is 266 g/mol. The second-order valence-corrected chi connectivity index (χ2v) is 3.42. The van der Waals surface area contributed by atoms with E-state index < -0.39 is 0 Å². The minimum Gasteiger partial charge on any atom is -0.292 e. The molecule has 2 aromatic heterocycles. The molecule has 2 aromatic rings. The van der Waals surface area contributed by atoms with E-state index in [1.807, 2.05) is 0 Å². The normalized spacial score (nSPS) is 10.1. The molecule has 12 nitrogen and oxygen atoms in total. The highest BCUT2D eigenvalue weighted by molar-refractivity contribution is 5.91. The van der Waals surface area contributed by atoms with Crippen molar-refractivity contribution in [2.75, 3.05) is 10.6 Å². The fraction of sp³-hybridized carbons (Fsp3) is 0.429. The number of carbonyl (C=O) groups excluding carboxylic acids is 2. The van der Waals surface area contributed by atoms with Crippen molar-refractivity contribution in [3.05, 3.63) is 0 Å². The lowest BCUT2D eigenvalue weighted by molar-refractivity contribution is -0.117. The first-order valence-electron chi connectivity index (χ1n) is 5.30. The molecule has 2 amide bonds. The quantitative estimate of drug-likeness (QED) is 0.487. The second-order valence-electron chi connectivity index (χ2n) is 3.42. The summed E-state index contributed by atoms with van der Waals surface area (Å²) in [5.41, 5.74) is 0. The lowest BCUT2D eigenvalue weighted by Gasteiger charge is -2.01. The van der Waals surface area contributed by atoms with Crippen molar-refractivity contribution in [3.8, 4) is 0 Å². The van der Waals surface area contributed by atoms with E-state index >= 15 is 0 Å². The standard InChI is InChI=1S/C7H10N10O2/c18-4(8-6-10-14-15-11-6)2-1-3-5(19)9-7-12-16-17-13-7/h1-3H2,(H2,8,10,11,14,15,18)(H2,9,12,13,16,17,19). The number of hydrogen-bond donors (Lipinski definition) is 4. The number of tetrazole rings is 2. The Kier molecular flexibility index (Phi) is 4.05. The van der Waals surface area contributed by atoms with Crippen LogP contribution in [0.2, 0.25) is 0 Å². The number of amides is 2. The van der Waals surface area contributed by atoms with Gasteiger partial charge in [0.05, 0.1) is 0 Å². The predicted octanol–water partition coefficient (Wildman–Crippen LogP) is -1.54. The molecule has 2 heterocycles. The molecule has 0 saturated carbocycles. The van der Waals surface area contributed by atoms with Gasteiger partial charge in [-0.25, -0.2) is 0 Å². The summed E-state index contributed by atoms with van der Waals surface area (Å²) in [6.45, 7) is 0. The number of nitrogens with zero attached hydrogens (tertiary/aromatic N) is 6. The van der Waals surface area contributed by atoms with Crippen LogP contribution in [0.5, 0.6) is 0 Å². The van der Waals surface area contributed by atoms with Gasteiger partial charge in [0.15, 0.2) is 0 Å². The first-order valence-corrected chi connectivity index (χ1v) is 5.30. The first kappa shape index (κ1) is 12.5. The molecule has 0 aromatic carbocycles. The van der Waals surface area contributed by atoms with Gasteiger partial charge in [-0.15, -0.1) is 10.2 Å². The molecule has 0 aliphatic heterocycles. The molecule has 12 heteroatoms. The van der Waals surface area contributed by atoms with Gasteiger partial charge in [0.2, 0.25) is 11.8 Å². The Morgan fingerprint density at radius 3 is 1.74 bits per heavy atom. The van der Waals surface area contributed by atoms with Gasteiger partial charge in [-0.2, -0.15) is 10.4 Å². The van der Waals surface area contributed by atoms with E-state index in [-0.39, 0.29) is 36.6 Å². The minimum absolute atomic E-state index is 0.0984. The summed E-state index contributed by atoms with van der Waals surface area (Å²) in [7, 11) is 0. The van der Waals surface area contributed by atoms with Crippen molar-refractivity contribution in [1.82, 2.24) is 41.2 Å². The third-order valence-electron chi connectivity index (χ3n) is 2.00. The number of aromatic nitrogens is 8. The molecule has 0 atom stereocenters. The van der Waals surface area contributed by atoms with Crippen LogP contribution in [0.25, 0.3) is 0 Å². The van der Waals surface area contributed by atoms with E-state index in [1.165, 1.54) is 0 Å². The molecule has 0 radical (unpaired) electrons. The fourth-order valence-corrected chi connectivity index (χ4v) is 1.21. The van der Waals surface area contributed by atoms with Crippen LogP contribution in [0, 0.1) is 0 Å². The third-order valence-corrected chi connectivity index (χ3v) is 2.00. The molecule has 0 unspecified atom stereocenters. The molecule has 0 saturated heterocycles. The smallest absolute Gasteiger partial charge is 0.269 e. The molecule has 0 aliphatic rings. The van der Waals surface area contributed by atoms with Gasteiger partial charge in [0.1, 0.15) is 0 Å². The van der Waals surface area contributed by atoms with Crippen molar-refractivity contribution < 1.29 is 9.59 Å². The van der Waals surface area contributed by atoms with Gasteiger partial charge >= 0.3 is 0 Å². The Labute approximate surface area is 105 Å². The number of rotatable bonds is 6. The van der Waals surface area contributed by atoms with Crippen molar-refractivity contribution >= 4 is 23.7 Å². The molecule has 100 valence electrons. The zero-order valence-electron chi connectivity index (χ0n) is 9.62. The van der Waals surface area contributed by atoms with E-state index in [4.69, 9.17) is 0 Å². The average molecular weight is 266 g/mol. The summed E-state index contributed by atoms with van der Waals surface area (Å²) in [6.07, 6.45) is 0.690. The lowest BCUT2D eigenvalue weighted by atomic mass is 10.2. The Morgan fingerprint density at radius 2 is 1.37 bits per heavy atom. The van der Waals surface area contributed by atoms with Crippen LogP contribution in [0.15, 0.2) is 0 Å². The van der Waals surface area contributed by atoms with Gasteiger partial charge in [-0.05, 0) is 16.8 Å². The largest absolute Gasteiger partial charge is 0.292 e. The second kappa shape index (κ2) is 6.13. The molecule has 0 spiro atoms. The number of aromatic amines is 2. The zero-order valence-corrected chi connectivity index (χ0v) is 9.62. The molecular weight excluding hydrogens is 256 g/mol. The summed E-state index contributed by atoms with van der Waals surface area (Å²) in [6, 6.07) is 0. The van der Waals surface area contributed by atoms with Gasteiger partial charge in [-0.1, -0.05) is 10.2 Å². The van der Waals surface area contributed by atoms with E-state index in [2.05, 4.69) is 51.9 Å². The highest BCUT2D eigenvalue weighted by Crippen LogP contribution is 2.01. The van der Waals surface area contributed by atoms with E-state index in [0.717, 1.165) is 0 Å². The van der Waals surface area contributed by atoms with Crippen LogP contribution in [0.1, 0.15) is 19.3 Å². The molecule has 2 rings (SSSR count). The Morgan fingerprint density at radius 1 is 0.895 bits per heavy atom. The van der Waals surface area contributed by atoms with Crippen LogP contribution in [-0.4, -0.2) is 53.1 Å². The molecule has 0 fully saturated rings. The van der Waals surface area contributed by atoms with Gasteiger partial charge in [-0.3, -0.25) is 20.2 Å². The average Bonchev–Trinajstić information content (AvgIpc) is 3.02. The van der Waals surface area contributed by atoms with Crippen LogP contribution >= 0.6 is 0 Å². The van der Waals surface area contributed by atoms with Crippen molar-refractivity contribution in [2.24, 2.45) is 0 Å². The molecule has 0 aliphatic carbocycles. The summed E-state index contributed by atoms with van der Waals surface area (Å²) in [5, 5.41) is 30.1. The maximum atomic E-state index is 11.4. The van der Waals surface area contributed by atoms with Gasteiger partial charge < -0.3 is 0 Å². The topological polar surface area (TPSA) is 167 Å². The number of anilines is 2. The Hall–Kier alpha value is -2.92. The van der Waals surface area contributed by atoms with Crippen molar-refractivity contribution in [3.63, 3.8) is 0 Å². The summed E-state index contributed by atoms with van der Waals surface area (Å²) in [4.78, 5) is 22.8. The van der Waals surface area contributed by atoms with Crippen LogP contribution in [0.4, 0.5) is 11.9 Å². The number of carbonyl (C=O) groups is 2. The first-order chi connectivity index (χ1) is 9.24. The summed E-state index contributed by atoms with van der Waals surface area (Å²) in [5.74, 6) is -0.398. The minimum atomic E-state index is -0.297. The summed E-state index contributed by atoms with van der Waals surface area (Å²) >= 11 is 0. The predicted molar refractivity (Wildman–Crippen MR) is 59.5 cm³/mol. The third kappa shape index (κ3) is 4.10. The molecule has 4 N–H and O–H groups in total. The van der Waals surface area contributed by atoms with Crippen LogP contribution in [0.3, 0.4) is 0 Å². The van der Waals surface area contributed by atoms with E-state index in [9.17, 15) is 9.59 Å². The fourth-order valence-electron chi connectivity index (χ4n) is 1.21. The molecule has 0 bridgehead atoms. The zero-order chi connectivity index (χ0) is 13.5. The van der Waals surface area contributed by atoms with Crippen molar-refractivity contribution in [2.45, 2.75) is 19.3 Å². The van der Waals surface area contributed by atoms with E-state index in [0.29, 0.717) is 6.42 Å². The lowest BCUT2D eigenvalue weighted by Crippen LogP contribution is -2.16. The van der Waals surface area contributed by atoms with Crippen LogP contribution < -0.4 is 10.6 Å². The number of H-pyrrole nitrogens is 2. The highest BCUT2D eigenvalue weighted by atomic mass is 16.2. The maximum Gasteiger partial charge on any atom is 0.269 e. The number of nitrogens with one attached hydrogen (secondary N) is 4. The van der Waals surface area contributed by atoms with Crippen LogP contribution in [-0.2, 0) is 9.59 Å². The Balaban J connectivity index is 1.63. The van der Waals surface area contributed by atoms with Gasteiger partial charge in [0, 0.05) is 12.8 Å². The summed E-state index contributed by atoms with van der Waals surface area (Å²) < 4.78 is 0. The molecular formula is C7H10N10O2.